The van der Waals surface area contributed by atoms with Crippen LogP contribution in [0.1, 0.15) is 13.3 Å². The molecule has 0 radical (unpaired) electrons. The Morgan fingerprint density at radius 3 is 2.57 bits per heavy atom. The van der Waals surface area contributed by atoms with Crippen LogP contribution in [0.2, 0.25) is 0 Å². The third-order valence-electron chi connectivity index (χ3n) is 0.419. The summed E-state index contributed by atoms with van der Waals surface area (Å²) in [7, 11) is -1.13. The average molecular weight is 142 g/mol. The highest BCUT2D eigenvalue weighted by Gasteiger charge is 1.91. The van der Waals surface area contributed by atoms with Crippen molar-refractivity contribution < 1.29 is 4.52 Å². The van der Waals surface area contributed by atoms with Gasteiger partial charge in [0.2, 0.25) is 7.65 Å². The monoisotopic (exact) mass is 141 g/mol. The topological polar surface area (TPSA) is 35.2 Å². The molecule has 0 spiro atoms. The van der Waals surface area contributed by atoms with E-state index in [1.807, 2.05) is 6.92 Å². The van der Waals surface area contributed by atoms with Gasteiger partial charge in [-0.3, -0.25) is 5.50 Å². The number of hydrogen-bond donors (Lipinski definition) is 1. The fourth-order valence-electron chi connectivity index (χ4n) is 0.178. The molecule has 0 aliphatic heterocycles. The smallest absolute Gasteiger partial charge is 0.201 e. The SMILES string of the molecule is CCCOP(N)Cl. The van der Waals surface area contributed by atoms with Crippen LogP contribution in [0.5, 0.6) is 0 Å². The highest BCUT2D eigenvalue weighted by molar-refractivity contribution is 7.78. The van der Waals surface area contributed by atoms with Crippen LogP contribution >= 0.6 is 18.9 Å². The van der Waals surface area contributed by atoms with Crippen LogP contribution in [0.4, 0.5) is 0 Å². The Morgan fingerprint density at radius 2 is 2.43 bits per heavy atom. The van der Waals surface area contributed by atoms with E-state index in [2.05, 4.69) is 0 Å². The van der Waals surface area contributed by atoms with Gasteiger partial charge in [-0.2, -0.15) is 0 Å². The zero-order valence-electron chi connectivity index (χ0n) is 4.22. The van der Waals surface area contributed by atoms with Crippen LogP contribution in [0, 0.1) is 0 Å². The Bertz CT molecular complexity index is 43.9. The van der Waals surface area contributed by atoms with Crippen molar-refractivity contribution in [3.8, 4) is 0 Å². The zero-order chi connectivity index (χ0) is 5.70. The van der Waals surface area contributed by atoms with Crippen LogP contribution in [-0.2, 0) is 4.52 Å². The van der Waals surface area contributed by atoms with Crippen molar-refractivity contribution in [3.05, 3.63) is 0 Å². The molecular weight excluding hydrogens is 132 g/mol. The lowest BCUT2D eigenvalue weighted by Crippen LogP contribution is -1.88. The van der Waals surface area contributed by atoms with E-state index in [-0.39, 0.29) is 0 Å². The maximum Gasteiger partial charge on any atom is 0.201 e. The molecule has 1 unspecified atom stereocenters. The Labute approximate surface area is 49.7 Å². The second-order valence-electron chi connectivity index (χ2n) is 1.11. The van der Waals surface area contributed by atoms with Gasteiger partial charge < -0.3 is 4.52 Å². The summed E-state index contributed by atoms with van der Waals surface area (Å²) >= 11 is 5.28. The molecule has 0 amide bonds. The van der Waals surface area contributed by atoms with Gasteiger partial charge in [0.1, 0.15) is 0 Å². The van der Waals surface area contributed by atoms with Gasteiger partial charge in [0.15, 0.2) is 0 Å². The molecule has 0 fully saturated rings. The van der Waals surface area contributed by atoms with Gasteiger partial charge in [-0.15, -0.1) is 0 Å². The largest absolute Gasteiger partial charge is 0.332 e. The predicted molar refractivity (Wildman–Crippen MR) is 33.2 cm³/mol. The molecule has 0 aromatic heterocycles. The molecule has 4 heteroatoms. The Morgan fingerprint density at radius 1 is 1.86 bits per heavy atom. The molecule has 2 nitrogen and oxygen atoms in total. The minimum atomic E-state index is -1.13. The second kappa shape index (κ2) is 4.79. The minimum absolute atomic E-state index is 0.672. The maximum atomic E-state index is 5.28. The molecule has 0 aromatic carbocycles. The summed E-state index contributed by atoms with van der Waals surface area (Å²) in [5, 5.41) is 0. The fraction of sp³-hybridized carbons (Fsp3) is 1.00. The molecule has 0 aromatic rings. The van der Waals surface area contributed by atoms with Gasteiger partial charge in [-0.1, -0.05) is 6.92 Å². The summed E-state index contributed by atoms with van der Waals surface area (Å²) in [4.78, 5) is 0. The van der Waals surface area contributed by atoms with Gasteiger partial charge in [-0.25, -0.2) is 0 Å². The Kier molecular flexibility index (Phi) is 5.23. The molecule has 0 aliphatic carbocycles. The highest BCUT2D eigenvalue weighted by Crippen LogP contribution is 2.32. The van der Waals surface area contributed by atoms with E-state index < -0.39 is 7.65 Å². The third-order valence-corrected chi connectivity index (χ3v) is 1.14. The number of hydrogen-bond acceptors (Lipinski definition) is 2. The van der Waals surface area contributed by atoms with Crippen molar-refractivity contribution in [2.24, 2.45) is 5.50 Å². The molecular formula is C3H9ClNOP. The molecule has 2 N–H and O–H groups in total. The van der Waals surface area contributed by atoms with Gasteiger partial charge in [-0.05, 0) is 17.7 Å². The van der Waals surface area contributed by atoms with E-state index in [4.69, 9.17) is 21.3 Å². The van der Waals surface area contributed by atoms with Crippen LogP contribution in [0.15, 0.2) is 0 Å². The fourth-order valence-corrected chi connectivity index (χ4v) is 0.743. The molecule has 1 atom stereocenters. The average Bonchev–Trinajstić information content (AvgIpc) is 1.61. The van der Waals surface area contributed by atoms with Crippen LogP contribution in [-0.4, -0.2) is 6.61 Å². The van der Waals surface area contributed by atoms with Crippen molar-refractivity contribution in [3.63, 3.8) is 0 Å². The van der Waals surface area contributed by atoms with E-state index in [1.165, 1.54) is 0 Å². The van der Waals surface area contributed by atoms with Gasteiger partial charge in [0.25, 0.3) is 0 Å². The lowest BCUT2D eigenvalue weighted by molar-refractivity contribution is 0.359. The quantitative estimate of drug-likeness (QED) is 0.609. The van der Waals surface area contributed by atoms with Gasteiger partial charge in [0, 0.05) is 0 Å². The van der Waals surface area contributed by atoms with Gasteiger partial charge >= 0.3 is 0 Å². The van der Waals surface area contributed by atoms with Crippen molar-refractivity contribution in [1.29, 1.82) is 0 Å². The molecule has 44 valence electrons. The number of rotatable bonds is 3. The molecule has 7 heavy (non-hydrogen) atoms. The van der Waals surface area contributed by atoms with Crippen LogP contribution in [0.25, 0.3) is 0 Å². The molecule has 0 bridgehead atoms. The van der Waals surface area contributed by atoms with E-state index >= 15 is 0 Å². The van der Waals surface area contributed by atoms with Gasteiger partial charge in [0.05, 0.1) is 6.61 Å². The highest BCUT2D eigenvalue weighted by atomic mass is 35.7. The molecule has 0 heterocycles. The second-order valence-corrected chi connectivity index (χ2v) is 2.91. The van der Waals surface area contributed by atoms with E-state index in [0.29, 0.717) is 6.61 Å². The van der Waals surface area contributed by atoms with Crippen LogP contribution < -0.4 is 5.50 Å². The first-order valence-electron chi connectivity index (χ1n) is 2.11. The number of nitrogens with two attached hydrogens (primary N) is 1. The summed E-state index contributed by atoms with van der Waals surface area (Å²) in [5.41, 5.74) is 5.09. The molecule has 0 aliphatic rings. The summed E-state index contributed by atoms with van der Waals surface area (Å²) in [5.74, 6) is 0. The van der Waals surface area contributed by atoms with Crippen molar-refractivity contribution in [2.75, 3.05) is 6.61 Å². The first-order chi connectivity index (χ1) is 3.27. The molecule has 0 saturated carbocycles. The van der Waals surface area contributed by atoms with E-state index in [0.717, 1.165) is 6.42 Å². The van der Waals surface area contributed by atoms with E-state index in [9.17, 15) is 0 Å². The normalized spacial score (nSPS) is 14.1. The van der Waals surface area contributed by atoms with Crippen molar-refractivity contribution >= 4 is 18.9 Å². The van der Waals surface area contributed by atoms with Crippen molar-refractivity contribution in [2.45, 2.75) is 13.3 Å². The lowest BCUT2D eigenvalue weighted by atomic mass is 10.5. The third kappa shape index (κ3) is 6.64. The minimum Gasteiger partial charge on any atom is -0.332 e. The predicted octanol–water partition coefficient (Wildman–Crippen LogP) is 1.84. The molecule has 0 saturated heterocycles. The molecule has 0 rings (SSSR count). The van der Waals surface area contributed by atoms with Crippen molar-refractivity contribution in [1.82, 2.24) is 0 Å². The first kappa shape index (κ1) is 7.64. The first-order valence-corrected chi connectivity index (χ1v) is 4.34. The zero-order valence-corrected chi connectivity index (χ0v) is 5.88. The summed E-state index contributed by atoms with van der Waals surface area (Å²) in [6.45, 7) is 2.68. The number of halogens is 1. The Hall–Kier alpha value is 0.640. The lowest BCUT2D eigenvalue weighted by Gasteiger charge is -1.99. The maximum absolute atomic E-state index is 5.28. The summed E-state index contributed by atoms with van der Waals surface area (Å²) in [6, 6.07) is 0. The standard InChI is InChI=1S/C3H9ClNOP/c1-2-3-6-7(4)5/h2-3,5H2,1H3. The van der Waals surface area contributed by atoms with E-state index in [1.54, 1.807) is 0 Å². The summed E-state index contributed by atoms with van der Waals surface area (Å²) < 4.78 is 4.80. The van der Waals surface area contributed by atoms with Crippen LogP contribution in [0.3, 0.4) is 0 Å². The Balaban J connectivity index is 2.68. The summed E-state index contributed by atoms with van der Waals surface area (Å²) in [6.07, 6.45) is 0.975.